The summed E-state index contributed by atoms with van der Waals surface area (Å²) in [7, 11) is 1.66. The highest BCUT2D eigenvalue weighted by atomic mass is 35.5. The molecule has 0 saturated heterocycles. The quantitative estimate of drug-likeness (QED) is 0.411. The number of aryl methyl sites for hydroxylation is 2. The number of hydrogen-bond acceptors (Lipinski definition) is 5. The van der Waals surface area contributed by atoms with Crippen LogP contribution in [0.5, 0.6) is 0 Å². The number of nitrogens with one attached hydrogen (secondary N) is 2. The molecule has 1 aromatic carbocycles. The Morgan fingerprint density at radius 1 is 1.34 bits per heavy atom. The maximum absolute atomic E-state index is 14.3. The molecule has 3 rings (SSSR count). The van der Waals surface area contributed by atoms with Gasteiger partial charge in [-0.2, -0.15) is 0 Å². The number of halogens is 2. The Kier molecular flexibility index (Phi) is 7.95. The molecule has 1 amide bonds. The summed E-state index contributed by atoms with van der Waals surface area (Å²) in [6.45, 7) is 5.48. The van der Waals surface area contributed by atoms with Gasteiger partial charge in [-0.15, -0.1) is 0 Å². The van der Waals surface area contributed by atoms with Gasteiger partial charge in [-0.3, -0.25) is 14.6 Å². The van der Waals surface area contributed by atoms with Crippen molar-refractivity contribution in [3.63, 3.8) is 0 Å². The number of hydrogen-bond donors (Lipinski definition) is 3. The summed E-state index contributed by atoms with van der Waals surface area (Å²) in [5.74, 6) is -1.03. The van der Waals surface area contributed by atoms with Crippen molar-refractivity contribution in [1.82, 2.24) is 15.0 Å². The maximum Gasteiger partial charge on any atom is 0.293 e. The van der Waals surface area contributed by atoms with Crippen molar-refractivity contribution in [1.29, 1.82) is 0 Å². The van der Waals surface area contributed by atoms with E-state index in [4.69, 9.17) is 21.5 Å². The minimum atomic E-state index is -0.576. The van der Waals surface area contributed by atoms with Crippen molar-refractivity contribution >= 4 is 39.8 Å². The molecule has 7 nitrogen and oxygen atoms in total. The maximum atomic E-state index is 14.3. The molecular formula is C20H24ClFN4O3. The molecule has 0 radical (unpaired) electrons. The van der Waals surface area contributed by atoms with Gasteiger partial charge in [-0.05, 0) is 24.6 Å². The first-order chi connectivity index (χ1) is 13.9. The third-order valence-corrected chi connectivity index (χ3v) is 4.28. The van der Waals surface area contributed by atoms with Crippen LogP contribution in [0.4, 0.5) is 15.8 Å². The second kappa shape index (κ2) is 10.2. The minimum Gasteiger partial charge on any atom is -0.394 e. The fourth-order valence-corrected chi connectivity index (χ4v) is 3.10. The summed E-state index contributed by atoms with van der Waals surface area (Å²) in [5.41, 5.74) is 4.32. The van der Waals surface area contributed by atoms with Crippen molar-refractivity contribution in [2.45, 2.75) is 20.8 Å². The molecule has 0 atom stereocenters. The lowest BCUT2D eigenvalue weighted by molar-refractivity contribution is 0.0163. The highest BCUT2D eigenvalue weighted by molar-refractivity contribution is 6.35. The molecule has 2 aromatic heterocycles. The summed E-state index contributed by atoms with van der Waals surface area (Å²) >= 11 is 6.25. The molecule has 0 unspecified atom stereocenters. The largest absolute Gasteiger partial charge is 0.394 e. The van der Waals surface area contributed by atoms with E-state index in [2.05, 4.69) is 15.8 Å². The molecule has 3 aromatic rings. The van der Waals surface area contributed by atoms with Crippen LogP contribution >= 0.6 is 11.6 Å². The first kappa shape index (κ1) is 22.6. The molecule has 0 aliphatic heterocycles. The Morgan fingerprint density at radius 2 is 2.07 bits per heavy atom. The van der Waals surface area contributed by atoms with Gasteiger partial charge in [0.25, 0.3) is 5.91 Å². The molecule has 9 heteroatoms. The van der Waals surface area contributed by atoms with Crippen LogP contribution in [0.15, 0.2) is 30.6 Å². The third kappa shape index (κ3) is 4.84. The topological polar surface area (TPSA) is 88.4 Å². The van der Waals surface area contributed by atoms with Gasteiger partial charge in [0.1, 0.15) is 11.5 Å². The van der Waals surface area contributed by atoms with Crippen LogP contribution < -0.4 is 10.8 Å². The Morgan fingerprint density at radius 3 is 2.72 bits per heavy atom. The van der Waals surface area contributed by atoms with Gasteiger partial charge in [0.2, 0.25) is 0 Å². The summed E-state index contributed by atoms with van der Waals surface area (Å²) < 4.78 is 15.9. The monoisotopic (exact) mass is 422 g/mol. The van der Waals surface area contributed by atoms with E-state index in [9.17, 15) is 9.18 Å². The van der Waals surface area contributed by atoms with Crippen molar-refractivity contribution < 1.29 is 19.1 Å². The van der Waals surface area contributed by atoms with Crippen LogP contribution in [0.3, 0.4) is 0 Å². The Bertz CT molecular complexity index is 1010. The number of nitrogens with zero attached hydrogens (tertiary/aromatic N) is 2. The zero-order valence-corrected chi connectivity index (χ0v) is 17.5. The zero-order chi connectivity index (χ0) is 21.6. The summed E-state index contributed by atoms with van der Waals surface area (Å²) in [6.07, 6.45) is 3.01. The number of aliphatic hydroxyl groups is 1. The predicted molar refractivity (Wildman–Crippen MR) is 112 cm³/mol. The lowest BCUT2D eigenvalue weighted by Crippen LogP contribution is -2.27. The molecule has 0 spiro atoms. The van der Waals surface area contributed by atoms with Crippen molar-refractivity contribution in [3.05, 3.63) is 52.7 Å². The van der Waals surface area contributed by atoms with Gasteiger partial charge >= 0.3 is 0 Å². The number of aromatic nitrogens is 2. The van der Waals surface area contributed by atoms with Crippen LogP contribution in [0.25, 0.3) is 10.9 Å². The number of anilines is 2. The van der Waals surface area contributed by atoms with Gasteiger partial charge in [0.05, 0.1) is 35.1 Å². The fraction of sp³-hybridized carbons (Fsp3) is 0.300. The highest BCUT2D eigenvalue weighted by Gasteiger charge is 2.24. The fourth-order valence-electron chi connectivity index (χ4n) is 2.82. The molecule has 3 N–H and O–H groups in total. The molecule has 0 aliphatic rings. The smallest absolute Gasteiger partial charge is 0.293 e. The number of carbonyl (C=O) groups excluding carboxylic acids is 1. The summed E-state index contributed by atoms with van der Waals surface area (Å²) in [6, 6.07) is 4.74. The molecule has 0 fully saturated rings. The van der Waals surface area contributed by atoms with Crippen LogP contribution in [0.1, 0.15) is 29.9 Å². The number of carbonyl (C=O) groups is 1. The first-order valence-electron chi connectivity index (χ1n) is 9.12. The van der Waals surface area contributed by atoms with E-state index in [-0.39, 0.29) is 24.6 Å². The average Bonchev–Trinajstić information content (AvgIpc) is 2.98. The van der Waals surface area contributed by atoms with Gasteiger partial charge in [0, 0.05) is 24.8 Å². The van der Waals surface area contributed by atoms with Gasteiger partial charge in [0.15, 0.2) is 0 Å². The second-order valence-corrected chi connectivity index (χ2v) is 6.32. The zero-order valence-electron chi connectivity index (χ0n) is 16.7. The van der Waals surface area contributed by atoms with Gasteiger partial charge in [-0.1, -0.05) is 31.5 Å². The van der Waals surface area contributed by atoms with E-state index in [1.165, 1.54) is 12.3 Å². The Hall–Kier alpha value is -2.68. The molecule has 156 valence electrons. The normalized spacial score (nSPS) is 10.4. The second-order valence-electron chi connectivity index (χ2n) is 5.91. The Labute approximate surface area is 173 Å². The van der Waals surface area contributed by atoms with Crippen LogP contribution in [-0.4, -0.2) is 33.8 Å². The number of rotatable bonds is 6. The number of hydroxylamine groups is 1. The standard InChI is InChI=1S/C18H18ClFN4O3.C2H6/c1-10-3-4-14(13(20)7-10)22-15-11-8-21-9-12(19)16(11)24(2)17(15)18(26)23-27-6-5-25;1-2/h3-4,7-9,22,25H,5-6H2,1-2H3,(H,23,26);1-2H3. The number of aliphatic hydroxyl groups excluding tert-OH is 1. The average molecular weight is 423 g/mol. The van der Waals surface area contributed by atoms with Crippen LogP contribution in [0.2, 0.25) is 5.02 Å². The van der Waals surface area contributed by atoms with E-state index in [0.29, 0.717) is 21.6 Å². The summed E-state index contributed by atoms with van der Waals surface area (Å²) in [4.78, 5) is 21.6. The van der Waals surface area contributed by atoms with Crippen molar-refractivity contribution in [2.24, 2.45) is 7.05 Å². The molecule has 0 bridgehead atoms. The van der Waals surface area contributed by atoms with Crippen molar-refractivity contribution in [3.8, 4) is 0 Å². The molecule has 29 heavy (non-hydrogen) atoms. The van der Waals surface area contributed by atoms with Crippen LogP contribution in [-0.2, 0) is 11.9 Å². The summed E-state index contributed by atoms with van der Waals surface area (Å²) in [5, 5.41) is 12.7. The third-order valence-electron chi connectivity index (χ3n) is 4.01. The van der Waals surface area contributed by atoms with E-state index in [1.54, 1.807) is 36.9 Å². The SMILES string of the molecule is CC.Cc1ccc(Nc2c(C(=O)NOCCO)n(C)c3c(Cl)cncc23)c(F)c1. The number of fused-ring (bicyclic) bond motifs is 1. The molecule has 2 heterocycles. The van der Waals surface area contributed by atoms with E-state index in [0.717, 1.165) is 5.56 Å². The molecular weight excluding hydrogens is 399 g/mol. The van der Waals surface area contributed by atoms with Crippen molar-refractivity contribution in [2.75, 3.05) is 18.5 Å². The number of pyridine rings is 1. The predicted octanol–water partition coefficient (Wildman–Crippen LogP) is 4.10. The molecule has 0 saturated carbocycles. The Balaban J connectivity index is 0.00000145. The highest BCUT2D eigenvalue weighted by Crippen LogP contribution is 2.36. The molecule has 0 aliphatic carbocycles. The minimum absolute atomic E-state index is 0.0622. The lowest BCUT2D eigenvalue weighted by Gasteiger charge is -2.11. The van der Waals surface area contributed by atoms with E-state index in [1.807, 2.05) is 13.8 Å². The van der Waals surface area contributed by atoms with E-state index < -0.39 is 11.7 Å². The number of benzene rings is 1. The van der Waals surface area contributed by atoms with Gasteiger partial charge < -0.3 is 15.0 Å². The first-order valence-corrected chi connectivity index (χ1v) is 9.50. The van der Waals surface area contributed by atoms with Gasteiger partial charge in [-0.25, -0.2) is 9.87 Å². The lowest BCUT2D eigenvalue weighted by atomic mass is 10.2. The number of amides is 1. The van der Waals surface area contributed by atoms with E-state index >= 15 is 0 Å². The van der Waals surface area contributed by atoms with Crippen LogP contribution in [0, 0.1) is 12.7 Å².